The molecule has 0 bridgehead atoms. The maximum absolute atomic E-state index is 12.0. The standard InChI is InChI=1S/C29H25O2P/c1-22(30)29(23(2)31)21-24-18-19-28(20-24)32(25-12-6-3-7-13-25,26-14-8-4-9-15-26)27-16-10-5-11-17-27/h3-21H,1-2H3. The maximum atomic E-state index is 12.0. The number of carbonyl (C=O) groups excluding carboxylic acids is 2. The van der Waals surface area contributed by atoms with Crippen LogP contribution >= 0.6 is 6.89 Å². The van der Waals surface area contributed by atoms with Crippen molar-refractivity contribution in [2.24, 2.45) is 0 Å². The smallest absolute Gasteiger partial charge is 0.163 e. The SMILES string of the molecule is CC(=O)C(=CC1=CC(=P(c2ccccc2)(c2ccccc2)c2ccccc2)C=C1)C(C)=O. The summed E-state index contributed by atoms with van der Waals surface area (Å²) in [6.45, 7) is 0.699. The first kappa shape index (κ1) is 21.7. The minimum absolute atomic E-state index is 0.213. The molecule has 0 atom stereocenters. The van der Waals surface area contributed by atoms with Crippen LogP contribution in [-0.2, 0) is 9.59 Å². The summed E-state index contributed by atoms with van der Waals surface area (Å²) in [5, 5.41) is 4.98. The minimum Gasteiger partial charge on any atom is -0.294 e. The molecular weight excluding hydrogens is 411 g/mol. The Morgan fingerprint density at radius 1 is 0.625 bits per heavy atom. The highest BCUT2D eigenvalue weighted by molar-refractivity contribution is 7.95. The van der Waals surface area contributed by atoms with Gasteiger partial charge in [-0.1, -0.05) is 103 Å². The number of Topliss-reactive ketones (excluding diaryl/α,β-unsaturated/α-hetero) is 2. The third-order valence-electron chi connectivity index (χ3n) is 5.65. The Morgan fingerprint density at radius 3 is 1.41 bits per heavy atom. The topological polar surface area (TPSA) is 34.1 Å². The third-order valence-corrected chi connectivity index (χ3v) is 9.92. The van der Waals surface area contributed by atoms with Gasteiger partial charge in [-0.05, 0) is 59.7 Å². The van der Waals surface area contributed by atoms with E-state index in [0.717, 1.165) is 5.57 Å². The minimum atomic E-state index is -2.17. The Labute approximate surface area is 189 Å². The molecule has 0 saturated heterocycles. The Hall–Kier alpha value is -3.48. The Kier molecular flexibility index (Phi) is 6.35. The van der Waals surface area contributed by atoms with Crippen LogP contribution in [0.5, 0.6) is 0 Å². The van der Waals surface area contributed by atoms with E-state index < -0.39 is 6.89 Å². The fourth-order valence-corrected chi connectivity index (χ4v) is 8.50. The summed E-state index contributed by atoms with van der Waals surface area (Å²) in [5.41, 5.74) is 1.10. The number of ketones is 2. The molecule has 0 amide bonds. The van der Waals surface area contributed by atoms with Crippen molar-refractivity contribution in [1.29, 1.82) is 0 Å². The predicted molar refractivity (Wildman–Crippen MR) is 137 cm³/mol. The van der Waals surface area contributed by atoms with E-state index in [4.69, 9.17) is 0 Å². The lowest BCUT2D eigenvalue weighted by atomic mass is 10.1. The molecule has 1 aliphatic carbocycles. The fraction of sp³-hybridized carbons (Fsp3) is 0.0690. The van der Waals surface area contributed by atoms with Gasteiger partial charge in [0.05, 0.1) is 5.57 Å². The lowest BCUT2D eigenvalue weighted by molar-refractivity contribution is -0.119. The molecule has 3 aromatic rings. The van der Waals surface area contributed by atoms with Crippen LogP contribution in [-0.4, -0.2) is 16.9 Å². The summed E-state index contributed by atoms with van der Waals surface area (Å²) in [6, 6.07) is 31.9. The molecule has 3 heteroatoms. The van der Waals surface area contributed by atoms with E-state index in [9.17, 15) is 9.59 Å². The molecule has 0 saturated carbocycles. The molecule has 4 rings (SSSR count). The van der Waals surface area contributed by atoms with Gasteiger partial charge in [0.1, 0.15) is 0 Å². The van der Waals surface area contributed by atoms with E-state index in [2.05, 4.69) is 84.9 Å². The summed E-state index contributed by atoms with van der Waals surface area (Å²) < 4.78 is 0. The molecule has 0 aromatic heterocycles. The van der Waals surface area contributed by atoms with Gasteiger partial charge in [0.15, 0.2) is 11.6 Å². The average Bonchev–Trinajstić information content (AvgIpc) is 3.29. The van der Waals surface area contributed by atoms with E-state index in [1.165, 1.54) is 35.1 Å². The van der Waals surface area contributed by atoms with E-state index in [1.54, 1.807) is 6.08 Å². The number of hydrogen-bond acceptors (Lipinski definition) is 2. The third kappa shape index (κ3) is 4.02. The summed E-state index contributed by atoms with van der Waals surface area (Å²) in [6.07, 6.45) is 7.99. The van der Waals surface area contributed by atoms with Gasteiger partial charge in [0, 0.05) is 0 Å². The van der Waals surface area contributed by atoms with E-state index >= 15 is 0 Å². The molecule has 2 nitrogen and oxygen atoms in total. The first-order valence-electron chi connectivity index (χ1n) is 10.6. The summed E-state index contributed by atoms with van der Waals surface area (Å²) >= 11 is 0. The van der Waals surface area contributed by atoms with Gasteiger partial charge >= 0.3 is 0 Å². The Bertz CT molecular complexity index is 1180. The van der Waals surface area contributed by atoms with Crippen LogP contribution in [0.3, 0.4) is 0 Å². The number of allylic oxidation sites excluding steroid dienone is 6. The van der Waals surface area contributed by atoms with Crippen molar-refractivity contribution >= 4 is 39.7 Å². The summed E-state index contributed by atoms with van der Waals surface area (Å²) in [4.78, 5) is 24.0. The van der Waals surface area contributed by atoms with Gasteiger partial charge in [-0.3, -0.25) is 9.59 Å². The lowest BCUT2D eigenvalue weighted by Crippen LogP contribution is -2.29. The second-order valence-electron chi connectivity index (χ2n) is 7.75. The summed E-state index contributed by atoms with van der Waals surface area (Å²) in [5.74, 6) is -0.425. The van der Waals surface area contributed by atoms with Crippen molar-refractivity contribution in [2.75, 3.05) is 0 Å². The number of carbonyl (C=O) groups is 2. The van der Waals surface area contributed by atoms with Crippen LogP contribution in [0, 0.1) is 0 Å². The number of hydrogen-bond donors (Lipinski definition) is 0. The zero-order valence-corrected chi connectivity index (χ0v) is 19.1. The van der Waals surface area contributed by atoms with Crippen LogP contribution in [0.4, 0.5) is 0 Å². The van der Waals surface area contributed by atoms with Crippen molar-refractivity contribution < 1.29 is 9.59 Å². The second kappa shape index (κ2) is 9.34. The molecule has 0 heterocycles. The first-order chi connectivity index (χ1) is 15.5. The predicted octanol–water partition coefficient (Wildman–Crippen LogP) is 4.75. The van der Waals surface area contributed by atoms with Crippen LogP contribution in [0.15, 0.2) is 126 Å². The molecule has 0 radical (unpaired) electrons. The van der Waals surface area contributed by atoms with Crippen molar-refractivity contribution in [2.45, 2.75) is 13.8 Å². The Morgan fingerprint density at radius 2 is 1.03 bits per heavy atom. The Balaban J connectivity index is 2.10. The highest BCUT2D eigenvalue weighted by Crippen LogP contribution is 2.47. The van der Waals surface area contributed by atoms with E-state index in [0.29, 0.717) is 0 Å². The molecular formula is C29H25O2P. The molecule has 158 valence electrons. The molecule has 0 spiro atoms. The monoisotopic (exact) mass is 436 g/mol. The first-order valence-corrected chi connectivity index (χ1v) is 12.4. The maximum Gasteiger partial charge on any atom is 0.163 e. The van der Waals surface area contributed by atoms with Gasteiger partial charge in [0.25, 0.3) is 0 Å². The largest absolute Gasteiger partial charge is 0.294 e. The highest BCUT2D eigenvalue weighted by atomic mass is 31.2. The van der Waals surface area contributed by atoms with E-state index in [-0.39, 0.29) is 17.1 Å². The van der Waals surface area contributed by atoms with E-state index in [1.807, 2.05) is 24.3 Å². The van der Waals surface area contributed by atoms with Gasteiger partial charge < -0.3 is 0 Å². The van der Waals surface area contributed by atoms with Crippen LogP contribution in [0.25, 0.3) is 0 Å². The molecule has 1 aliphatic rings. The normalized spacial score (nSPS) is 12.9. The van der Waals surface area contributed by atoms with Crippen LogP contribution in [0.1, 0.15) is 13.8 Å². The fourth-order valence-electron chi connectivity index (χ4n) is 4.21. The van der Waals surface area contributed by atoms with Gasteiger partial charge in [-0.2, -0.15) is 0 Å². The van der Waals surface area contributed by atoms with Crippen molar-refractivity contribution in [3.63, 3.8) is 0 Å². The molecule has 32 heavy (non-hydrogen) atoms. The molecule has 3 aromatic carbocycles. The quantitative estimate of drug-likeness (QED) is 0.242. The van der Waals surface area contributed by atoms with Crippen molar-refractivity contribution in [3.05, 3.63) is 126 Å². The summed E-state index contributed by atoms with van der Waals surface area (Å²) in [7, 11) is 0. The lowest BCUT2D eigenvalue weighted by Gasteiger charge is -2.30. The molecule has 0 fully saturated rings. The second-order valence-corrected chi connectivity index (χ2v) is 11.2. The van der Waals surface area contributed by atoms with Crippen LogP contribution < -0.4 is 15.9 Å². The van der Waals surface area contributed by atoms with Crippen LogP contribution in [0.2, 0.25) is 0 Å². The van der Waals surface area contributed by atoms with Gasteiger partial charge in [0.2, 0.25) is 0 Å². The molecule has 0 unspecified atom stereocenters. The van der Waals surface area contributed by atoms with Crippen molar-refractivity contribution in [1.82, 2.24) is 0 Å². The average molecular weight is 436 g/mol. The van der Waals surface area contributed by atoms with Gasteiger partial charge in [-0.25, -0.2) is 0 Å². The zero-order valence-electron chi connectivity index (χ0n) is 18.2. The zero-order chi connectivity index (χ0) is 22.6. The highest BCUT2D eigenvalue weighted by Gasteiger charge is 2.29. The van der Waals surface area contributed by atoms with Gasteiger partial charge in [-0.15, -0.1) is 0 Å². The number of benzene rings is 3. The molecule has 0 aliphatic heterocycles. The van der Waals surface area contributed by atoms with Crippen molar-refractivity contribution in [3.8, 4) is 0 Å². The molecule has 0 N–H and O–H groups in total. The number of rotatable bonds is 6.